The standard InChI is InChI=1S/C35H62O9/c1-18(2)20(11-14-43-33-32(41)31(40)27(42-6)17-44-33)8-7-19(3)23-16-26(38)28-21-15-25(37)29-30(39)24(36)10-13-34(29,4)22(21)9-12-35(23,28)5/h18-33,36-41H,7-17H2,1-6H3/t19-,20-,21-,22+,23-,24+,25+,26-,27-,28-,29+,30+,31+,32-,33-,34-,35-/m1/s1. The van der Waals surface area contributed by atoms with Crippen LogP contribution in [-0.4, -0.2) is 100.0 Å². The number of hydrogen-bond donors (Lipinski definition) is 6. The van der Waals surface area contributed by atoms with Crippen molar-refractivity contribution in [2.75, 3.05) is 20.3 Å². The molecule has 5 rings (SSSR count). The molecule has 5 fully saturated rings. The van der Waals surface area contributed by atoms with Crippen LogP contribution in [0, 0.1) is 58.2 Å². The number of hydrogen-bond acceptors (Lipinski definition) is 9. The van der Waals surface area contributed by atoms with Gasteiger partial charge in [-0.3, -0.25) is 0 Å². The highest BCUT2D eigenvalue weighted by Gasteiger charge is 2.66. The average molecular weight is 627 g/mol. The first-order chi connectivity index (χ1) is 20.7. The van der Waals surface area contributed by atoms with Crippen molar-refractivity contribution in [3.8, 4) is 0 Å². The second kappa shape index (κ2) is 13.6. The van der Waals surface area contributed by atoms with E-state index in [9.17, 15) is 30.6 Å². The van der Waals surface area contributed by atoms with Crippen molar-refractivity contribution in [2.45, 2.75) is 141 Å². The maximum Gasteiger partial charge on any atom is 0.186 e. The van der Waals surface area contributed by atoms with Gasteiger partial charge in [-0.15, -0.1) is 0 Å². The summed E-state index contributed by atoms with van der Waals surface area (Å²) in [6.07, 6.45) is 1.60. The van der Waals surface area contributed by atoms with Crippen molar-refractivity contribution >= 4 is 0 Å². The van der Waals surface area contributed by atoms with E-state index < -0.39 is 42.9 Å². The molecule has 256 valence electrons. The van der Waals surface area contributed by atoms with Crippen LogP contribution in [0.15, 0.2) is 0 Å². The van der Waals surface area contributed by atoms with Crippen LogP contribution in [0.4, 0.5) is 0 Å². The zero-order chi connectivity index (χ0) is 32.1. The lowest BCUT2D eigenvalue weighted by atomic mass is 9.43. The SMILES string of the molecule is CO[C@@H]1CO[C@@H](OCC[C@@H](CC[C@@H](C)[C@H]2C[C@@H](O)[C@H]3[C@@H]4C[C@H](O)[C@H]5[C@@H](O)[C@@H](O)CC[C@]5(C)[C@H]4CC[C@@]32C)C(C)C)[C@H](O)[C@H]1O. The molecule has 9 nitrogen and oxygen atoms in total. The zero-order valence-corrected chi connectivity index (χ0v) is 27.9. The van der Waals surface area contributed by atoms with E-state index in [1.54, 1.807) is 0 Å². The average Bonchev–Trinajstić information content (AvgIpc) is 3.25. The predicted molar refractivity (Wildman–Crippen MR) is 165 cm³/mol. The van der Waals surface area contributed by atoms with E-state index in [0.29, 0.717) is 49.0 Å². The molecule has 0 amide bonds. The molecular formula is C35H62O9. The fourth-order valence-corrected chi connectivity index (χ4v) is 11.3. The number of methoxy groups -OCH3 is 1. The third-order valence-electron chi connectivity index (χ3n) is 13.9. The van der Waals surface area contributed by atoms with E-state index in [2.05, 4.69) is 34.6 Å². The Bertz CT molecular complexity index is 949. The van der Waals surface area contributed by atoms with E-state index in [1.807, 2.05) is 0 Å². The highest BCUT2D eigenvalue weighted by atomic mass is 16.7. The fourth-order valence-electron chi connectivity index (χ4n) is 11.3. The van der Waals surface area contributed by atoms with Gasteiger partial charge in [0, 0.05) is 13.0 Å². The van der Waals surface area contributed by atoms with Crippen LogP contribution in [-0.2, 0) is 14.2 Å². The van der Waals surface area contributed by atoms with Gasteiger partial charge in [0.2, 0.25) is 0 Å². The quantitative estimate of drug-likeness (QED) is 0.215. The summed E-state index contributed by atoms with van der Waals surface area (Å²) in [6, 6.07) is 0. The molecular weight excluding hydrogens is 564 g/mol. The molecule has 0 aromatic rings. The summed E-state index contributed by atoms with van der Waals surface area (Å²) in [5.74, 6) is 2.20. The lowest BCUT2D eigenvalue weighted by Gasteiger charge is -2.63. The summed E-state index contributed by atoms with van der Waals surface area (Å²) in [5.41, 5.74) is -0.206. The largest absolute Gasteiger partial charge is 0.393 e. The van der Waals surface area contributed by atoms with Crippen molar-refractivity contribution in [3.63, 3.8) is 0 Å². The van der Waals surface area contributed by atoms with Crippen LogP contribution < -0.4 is 0 Å². The van der Waals surface area contributed by atoms with Gasteiger partial charge in [0.25, 0.3) is 0 Å². The third kappa shape index (κ3) is 6.16. The lowest BCUT2D eigenvalue weighted by molar-refractivity contribution is -0.274. The summed E-state index contributed by atoms with van der Waals surface area (Å²) >= 11 is 0. The maximum atomic E-state index is 11.6. The number of fused-ring (bicyclic) bond motifs is 5. The molecule has 5 aliphatic rings. The summed E-state index contributed by atoms with van der Waals surface area (Å²) in [6.45, 7) is 12.1. The molecule has 4 aliphatic carbocycles. The number of ether oxygens (including phenoxy) is 3. The Balaban J connectivity index is 1.19. The predicted octanol–water partition coefficient (Wildman–Crippen LogP) is 3.11. The summed E-state index contributed by atoms with van der Waals surface area (Å²) < 4.78 is 16.7. The molecule has 0 unspecified atom stereocenters. The van der Waals surface area contributed by atoms with Gasteiger partial charge in [-0.2, -0.15) is 0 Å². The van der Waals surface area contributed by atoms with Gasteiger partial charge in [0.05, 0.1) is 37.6 Å². The monoisotopic (exact) mass is 626 g/mol. The third-order valence-corrected chi connectivity index (χ3v) is 13.9. The van der Waals surface area contributed by atoms with E-state index in [-0.39, 0.29) is 41.3 Å². The number of aliphatic hydroxyl groups excluding tert-OH is 6. The first-order valence-corrected chi connectivity index (χ1v) is 17.6. The molecule has 1 aliphatic heterocycles. The molecule has 0 aromatic carbocycles. The van der Waals surface area contributed by atoms with Crippen LogP contribution in [0.1, 0.15) is 92.4 Å². The molecule has 1 heterocycles. The summed E-state index contributed by atoms with van der Waals surface area (Å²) in [7, 11) is 1.49. The van der Waals surface area contributed by atoms with Crippen LogP contribution in [0.25, 0.3) is 0 Å². The zero-order valence-electron chi connectivity index (χ0n) is 27.9. The van der Waals surface area contributed by atoms with Crippen molar-refractivity contribution in [1.29, 1.82) is 0 Å². The fraction of sp³-hybridized carbons (Fsp3) is 1.00. The smallest absolute Gasteiger partial charge is 0.186 e. The van der Waals surface area contributed by atoms with Crippen molar-refractivity contribution in [3.05, 3.63) is 0 Å². The first-order valence-electron chi connectivity index (χ1n) is 17.6. The van der Waals surface area contributed by atoms with Gasteiger partial charge in [-0.1, -0.05) is 41.0 Å². The van der Waals surface area contributed by atoms with Gasteiger partial charge in [0.15, 0.2) is 6.29 Å². The van der Waals surface area contributed by atoms with Gasteiger partial charge < -0.3 is 44.8 Å². The summed E-state index contributed by atoms with van der Waals surface area (Å²) in [5, 5.41) is 65.0. The second-order valence-corrected chi connectivity index (χ2v) is 16.4. The lowest BCUT2D eigenvalue weighted by Crippen LogP contribution is -2.63. The molecule has 4 saturated carbocycles. The minimum atomic E-state index is -1.14. The van der Waals surface area contributed by atoms with Crippen LogP contribution in [0.3, 0.4) is 0 Å². The minimum Gasteiger partial charge on any atom is -0.393 e. The Morgan fingerprint density at radius 3 is 2.14 bits per heavy atom. The highest BCUT2D eigenvalue weighted by Crippen LogP contribution is 2.68. The molecule has 44 heavy (non-hydrogen) atoms. The van der Waals surface area contributed by atoms with E-state index in [1.165, 1.54) is 7.11 Å². The Kier molecular flexibility index (Phi) is 10.8. The van der Waals surface area contributed by atoms with E-state index in [4.69, 9.17) is 14.2 Å². The second-order valence-electron chi connectivity index (χ2n) is 16.4. The molecule has 0 aromatic heterocycles. The number of aliphatic hydroxyl groups is 6. The summed E-state index contributed by atoms with van der Waals surface area (Å²) in [4.78, 5) is 0. The Hall–Kier alpha value is -0.360. The van der Waals surface area contributed by atoms with Crippen molar-refractivity contribution in [1.82, 2.24) is 0 Å². The molecule has 0 radical (unpaired) electrons. The van der Waals surface area contributed by atoms with Gasteiger partial charge in [-0.05, 0) is 104 Å². The van der Waals surface area contributed by atoms with Crippen LogP contribution in [0.5, 0.6) is 0 Å². The van der Waals surface area contributed by atoms with Crippen molar-refractivity contribution < 1.29 is 44.8 Å². The number of rotatable bonds is 10. The first kappa shape index (κ1) is 35.0. The van der Waals surface area contributed by atoms with E-state index >= 15 is 0 Å². The molecule has 17 atom stereocenters. The Morgan fingerprint density at radius 1 is 0.773 bits per heavy atom. The van der Waals surface area contributed by atoms with E-state index in [0.717, 1.165) is 44.9 Å². The normalized spacial score (nSPS) is 50.5. The highest BCUT2D eigenvalue weighted by molar-refractivity contribution is 5.14. The Morgan fingerprint density at radius 2 is 1.45 bits per heavy atom. The molecule has 6 N–H and O–H groups in total. The maximum absolute atomic E-state index is 11.6. The van der Waals surface area contributed by atoms with Crippen LogP contribution >= 0.6 is 0 Å². The van der Waals surface area contributed by atoms with Gasteiger partial charge >= 0.3 is 0 Å². The topological polar surface area (TPSA) is 149 Å². The van der Waals surface area contributed by atoms with Crippen LogP contribution in [0.2, 0.25) is 0 Å². The molecule has 0 spiro atoms. The van der Waals surface area contributed by atoms with Gasteiger partial charge in [0.1, 0.15) is 18.3 Å². The molecule has 1 saturated heterocycles. The molecule has 0 bridgehead atoms. The Labute approximate surface area is 264 Å². The van der Waals surface area contributed by atoms with Crippen molar-refractivity contribution in [2.24, 2.45) is 58.2 Å². The minimum absolute atomic E-state index is 0.0154. The van der Waals surface area contributed by atoms with Gasteiger partial charge in [-0.25, -0.2) is 0 Å². The molecule has 9 heteroatoms.